The van der Waals surface area contributed by atoms with Gasteiger partial charge in [-0.25, -0.2) is 8.78 Å². The summed E-state index contributed by atoms with van der Waals surface area (Å²) in [5.74, 6) is 0. The predicted molar refractivity (Wildman–Crippen MR) is 54.1 cm³/mol. The Kier molecular flexibility index (Phi) is 3.57. The maximum absolute atomic E-state index is 12.4. The van der Waals surface area contributed by atoms with E-state index in [1.54, 1.807) is 28.7 Å². The highest BCUT2D eigenvalue weighted by Gasteiger charge is 2.17. The molecule has 1 heterocycles. The first-order valence-electron chi connectivity index (χ1n) is 3.63. The van der Waals surface area contributed by atoms with Crippen molar-refractivity contribution in [3.05, 3.63) is 31.2 Å². The molecule has 0 saturated heterocycles. The highest BCUT2D eigenvalue weighted by atomic mass is 127. The molecule has 0 aliphatic heterocycles. The van der Waals surface area contributed by atoms with Crippen molar-refractivity contribution in [1.29, 1.82) is 5.26 Å². The average Bonchev–Trinajstić information content (AvgIpc) is 2.13. The molecule has 0 spiro atoms. The average molecular weight is 310 g/mol. The van der Waals surface area contributed by atoms with Crippen molar-refractivity contribution < 1.29 is 8.78 Å². The molecule has 0 atom stereocenters. The topological polar surface area (TPSA) is 56.6 Å². The molecule has 0 fully saturated rings. The van der Waals surface area contributed by atoms with Crippen LogP contribution in [-0.4, -0.2) is 4.98 Å². The SMILES string of the molecule is N#CCc1c(C(F)F)[nH]cc(I)c1=O. The summed E-state index contributed by atoms with van der Waals surface area (Å²) in [7, 11) is 0. The Morgan fingerprint density at radius 3 is 2.79 bits per heavy atom. The fraction of sp³-hybridized carbons (Fsp3) is 0.250. The summed E-state index contributed by atoms with van der Waals surface area (Å²) >= 11 is 1.73. The van der Waals surface area contributed by atoms with Gasteiger partial charge in [0, 0.05) is 11.8 Å². The summed E-state index contributed by atoms with van der Waals surface area (Å²) < 4.78 is 25.1. The van der Waals surface area contributed by atoms with Crippen LogP contribution in [0.15, 0.2) is 11.0 Å². The number of hydrogen-bond acceptors (Lipinski definition) is 2. The smallest absolute Gasteiger partial charge is 0.278 e. The quantitative estimate of drug-likeness (QED) is 0.849. The molecule has 6 heteroatoms. The fourth-order valence-corrected chi connectivity index (χ4v) is 1.49. The minimum atomic E-state index is -2.76. The van der Waals surface area contributed by atoms with Crippen LogP contribution >= 0.6 is 22.6 Å². The number of pyridine rings is 1. The lowest BCUT2D eigenvalue weighted by molar-refractivity contribution is 0.145. The van der Waals surface area contributed by atoms with Crippen LogP contribution in [0.2, 0.25) is 0 Å². The summed E-state index contributed by atoms with van der Waals surface area (Å²) in [6.45, 7) is 0. The standard InChI is InChI=1S/C8H5F2IN2O/c9-8(10)6-4(1-2-12)7(14)5(11)3-13-6/h3,8H,1H2,(H,13,14). The summed E-state index contributed by atoms with van der Waals surface area (Å²) in [6, 6.07) is 1.69. The molecule has 1 rings (SSSR count). The normalized spacial score (nSPS) is 10.2. The van der Waals surface area contributed by atoms with Crippen LogP contribution in [0.4, 0.5) is 8.78 Å². The number of nitrogens with zero attached hydrogens (tertiary/aromatic N) is 1. The first-order valence-corrected chi connectivity index (χ1v) is 4.71. The lowest BCUT2D eigenvalue weighted by Crippen LogP contribution is -2.16. The second-order valence-electron chi connectivity index (χ2n) is 2.49. The van der Waals surface area contributed by atoms with Gasteiger partial charge in [0.15, 0.2) is 5.43 Å². The molecule has 3 nitrogen and oxygen atoms in total. The molecule has 0 aromatic carbocycles. The third kappa shape index (κ3) is 2.09. The number of rotatable bonds is 2. The monoisotopic (exact) mass is 310 g/mol. The molecular formula is C8H5F2IN2O. The van der Waals surface area contributed by atoms with Crippen molar-refractivity contribution >= 4 is 22.6 Å². The third-order valence-corrected chi connectivity index (χ3v) is 2.45. The predicted octanol–water partition coefficient (Wildman–Crippen LogP) is 1.98. The van der Waals surface area contributed by atoms with E-state index in [9.17, 15) is 13.6 Å². The lowest BCUT2D eigenvalue weighted by atomic mass is 10.1. The molecular weight excluding hydrogens is 305 g/mol. The van der Waals surface area contributed by atoms with Crippen molar-refractivity contribution in [1.82, 2.24) is 4.98 Å². The summed E-state index contributed by atoms with van der Waals surface area (Å²) in [5.41, 5.74) is -1.10. The van der Waals surface area contributed by atoms with Gasteiger partial charge >= 0.3 is 0 Å². The molecule has 14 heavy (non-hydrogen) atoms. The van der Waals surface area contributed by atoms with Crippen molar-refractivity contribution in [2.24, 2.45) is 0 Å². The Labute approximate surface area is 91.9 Å². The summed E-state index contributed by atoms with van der Waals surface area (Å²) in [6.07, 6.45) is -1.85. The van der Waals surface area contributed by atoms with Gasteiger partial charge in [0.1, 0.15) is 0 Å². The van der Waals surface area contributed by atoms with E-state index < -0.39 is 17.5 Å². The van der Waals surface area contributed by atoms with Crippen molar-refractivity contribution in [3.8, 4) is 6.07 Å². The Morgan fingerprint density at radius 1 is 1.64 bits per heavy atom. The highest BCUT2D eigenvalue weighted by molar-refractivity contribution is 14.1. The van der Waals surface area contributed by atoms with Crippen LogP contribution in [0, 0.1) is 14.9 Å². The van der Waals surface area contributed by atoms with Crippen LogP contribution in [-0.2, 0) is 6.42 Å². The fourth-order valence-electron chi connectivity index (χ4n) is 1.01. The molecule has 74 valence electrons. The zero-order valence-corrected chi connectivity index (χ0v) is 9.01. The summed E-state index contributed by atoms with van der Waals surface area (Å²) in [4.78, 5) is 13.7. The Hall–Kier alpha value is -0.970. The van der Waals surface area contributed by atoms with Gasteiger partial charge in [0.2, 0.25) is 0 Å². The van der Waals surface area contributed by atoms with Gasteiger partial charge in [0.05, 0.1) is 21.8 Å². The van der Waals surface area contributed by atoms with E-state index in [0.29, 0.717) is 3.57 Å². The number of hydrogen-bond donors (Lipinski definition) is 1. The zero-order valence-electron chi connectivity index (χ0n) is 6.85. The van der Waals surface area contributed by atoms with E-state index in [0.717, 1.165) is 0 Å². The minimum Gasteiger partial charge on any atom is -0.359 e. The van der Waals surface area contributed by atoms with Gasteiger partial charge in [-0.05, 0) is 22.6 Å². The van der Waals surface area contributed by atoms with E-state index in [4.69, 9.17) is 5.26 Å². The van der Waals surface area contributed by atoms with Gasteiger partial charge < -0.3 is 4.98 Å². The number of aromatic amines is 1. The second-order valence-corrected chi connectivity index (χ2v) is 3.66. The minimum absolute atomic E-state index is 0.144. The van der Waals surface area contributed by atoms with E-state index in [-0.39, 0.29) is 12.0 Å². The number of H-pyrrole nitrogens is 1. The Bertz CT molecular complexity index is 436. The number of alkyl halides is 2. The first-order chi connectivity index (χ1) is 6.57. The van der Waals surface area contributed by atoms with Crippen LogP contribution in [0.5, 0.6) is 0 Å². The van der Waals surface area contributed by atoms with Crippen molar-refractivity contribution in [2.45, 2.75) is 12.8 Å². The van der Waals surface area contributed by atoms with E-state index >= 15 is 0 Å². The molecule has 0 unspecified atom stereocenters. The Balaban J connectivity index is 3.39. The second kappa shape index (κ2) is 4.50. The Morgan fingerprint density at radius 2 is 2.29 bits per heavy atom. The van der Waals surface area contributed by atoms with E-state index in [1.807, 2.05) is 0 Å². The number of nitriles is 1. The largest absolute Gasteiger partial charge is 0.359 e. The molecule has 0 aliphatic carbocycles. The molecule has 0 amide bonds. The van der Waals surface area contributed by atoms with Crippen LogP contribution in [0.25, 0.3) is 0 Å². The van der Waals surface area contributed by atoms with Gasteiger partial charge in [-0.15, -0.1) is 0 Å². The molecule has 1 aromatic heterocycles. The highest BCUT2D eigenvalue weighted by Crippen LogP contribution is 2.19. The number of aromatic nitrogens is 1. The van der Waals surface area contributed by atoms with E-state index in [2.05, 4.69) is 4.98 Å². The molecule has 0 aliphatic rings. The number of nitrogens with one attached hydrogen (secondary N) is 1. The zero-order chi connectivity index (χ0) is 10.7. The van der Waals surface area contributed by atoms with Gasteiger partial charge in [-0.2, -0.15) is 5.26 Å². The van der Waals surface area contributed by atoms with Crippen molar-refractivity contribution in [3.63, 3.8) is 0 Å². The van der Waals surface area contributed by atoms with Crippen LogP contribution in [0.3, 0.4) is 0 Å². The van der Waals surface area contributed by atoms with Crippen LogP contribution < -0.4 is 5.43 Å². The molecule has 0 saturated carbocycles. The summed E-state index contributed by atoms with van der Waals surface area (Å²) in [5, 5.41) is 8.39. The van der Waals surface area contributed by atoms with Crippen molar-refractivity contribution in [2.75, 3.05) is 0 Å². The first kappa shape index (κ1) is 11.1. The van der Waals surface area contributed by atoms with Gasteiger partial charge in [-0.1, -0.05) is 0 Å². The third-order valence-electron chi connectivity index (χ3n) is 1.64. The van der Waals surface area contributed by atoms with E-state index in [1.165, 1.54) is 6.20 Å². The molecule has 1 N–H and O–H groups in total. The van der Waals surface area contributed by atoms with Gasteiger partial charge in [-0.3, -0.25) is 4.79 Å². The van der Waals surface area contributed by atoms with Gasteiger partial charge in [0.25, 0.3) is 6.43 Å². The molecule has 0 bridgehead atoms. The maximum atomic E-state index is 12.4. The van der Waals surface area contributed by atoms with Crippen LogP contribution in [0.1, 0.15) is 17.7 Å². The maximum Gasteiger partial charge on any atom is 0.278 e. The molecule has 0 radical (unpaired) electrons. The lowest BCUT2D eigenvalue weighted by Gasteiger charge is -2.05. The molecule has 1 aromatic rings. The number of halogens is 3.